The highest BCUT2D eigenvalue weighted by atomic mass is 16.3. The molecule has 12 rings (SSSR count). The lowest BCUT2D eigenvalue weighted by molar-refractivity contribution is 0.620. The van der Waals surface area contributed by atoms with E-state index in [2.05, 4.69) is 262 Å². The summed E-state index contributed by atoms with van der Waals surface area (Å²) in [7, 11) is 0. The minimum Gasteiger partial charge on any atom is -0.436 e. The Morgan fingerprint density at radius 1 is 0.443 bits per heavy atom. The normalized spacial score (nSPS) is 13.0. The van der Waals surface area contributed by atoms with Crippen molar-refractivity contribution in [2.75, 3.05) is 0 Å². The predicted molar refractivity (Wildman–Crippen MR) is 298 cm³/mol. The first-order valence-electron chi connectivity index (χ1n) is 24.4. The molecule has 0 radical (unpaired) electrons. The summed E-state index contributed by atoms with van der Waals surface area (Å²) in [6.45, 7) is 10.4. The van der Waals surface area contributed by atoms with Crippen LogP contribution in [0.3, 0.4) is 0 Å². The molecular formula is C67H56N2O. The molecule has 3 heteroatoms. The minimum absolute atomic E-state index is 0.101. The van der Waals surface area contributed by atoms with E-state index in [9.17, 15) is 0 Å². The van der Waals surface area contributed by atoms with Crippen molar-refractivity contribution < 1.29 is 4.42 Å². The van der Waals surface area contributed by atoms with Crippen molar-refractivity contribution in [3.63, 3.8) is 0 Å². The number of allylic oxidation sites excluding steroid dienone is 6. The summed E-state index contributed by atoms with van der Waals surface area (Å²) in [5.41, 5.74) is 21.1. The topological polar surface area (TPSA) is 31.0 Å². The van der Waals surface area contributed by atoms with Gasteiger partial charge in [-0.25, -0.2) is 4.98 Å². The number of aromatic nitrogens is 2. The fourth-order valence-electron chi connectivity index (χ4n) is 9.67. The van der Waals surface area contributed by atoms with Gasteiger partial charge in [-0.1, -0.05) is 214 Å². The molecule has 1 aliphatic rings. The Bertz CT molecular complexity index is 3610. The second-order valence-corrected chi connectivity index (χ2v) is 17.6. The molecule has 2 aromatic heterocycles. The first-order valence-corrected chi connectivity index (χ1v) is 24.4. The van der Waals surface area contributed by atoms with Gasteiger partial charge in [0.2, 0.25) is 5.89 Å². The van der Waals surface area contributed by atoms with Crippen LogP contribution in [-0.4, -0.2) is 9.55 Å². The van der Waals surface area contributed by atoms with E-state index in [0.717, 1.165) is 33.5 Å². The summed E-state index contributed by atoms with van der Waals surface area (Å²) in [4.78, 5) is 4.89. The lowest BCUT2D eigenvalue weighted by Crippen LogP contribution is -1.97. The van der Waals surface area contributed by atoms with Crippen LogP contribution in [0.2, 0.25) is 0 Å². The number of benzene rings is 9. The molecule has 3 nitrogen and oxygen atoms in total. The summed E-state index contributed by atoms with van der Waals surface area (Å²) in [5.74, 6) is 0.723. The highest BCUT2D eigenvalue weighted by Gasteiger charge is 2.18. The molecule has 0 N–H and O–H groups in total. The first kappa shape index (κ1) is 45.3. The number of hydrogen-bond acceptors (Lipinski definition) is 2. The van der Waals surface area contributed by atoms with Gasteiger partial charge < -0.3 is 8.98 Å². The van der Waals surface area contributed by atoms with Crippen LogP contribution in [0.1, 0.15) is 42.0 Å². The van der Waals surface area contributed by atoms with E-state index in [0.29, 0.717) is 5.89 Å². The minimum atomic E-state index is 0.101. The molecule has 2 heterocycles. The van der Waals surface area contributed by atoms with E-state index in [1.54, 1.807) is 0 Å². The van der Waals surface area contributed by atoms with Crippen LogP contribution in [0.15, 0.2) is 247 Å². The Morgan fingerprint density at radius 2 is 0.957 bits per heavy atom. The number of nitrogens with zero attached hydrogens (tertiary/aromatic N) is 2. The molecule has 0 saturated carbocycles. The van der Waals surface area contributed by atoms with Gasteiger partial charge in [-0.2, -0.15) is 0 Å². The van der Waals surface area contributed by atoms with Crippen molar-refractivity contribution in [1.82, 2.24) is 9.55 Å². The van der Waals surface area contributed by atoms with Crippen LogP contribution in [0, 0.1) is 20.8 Å². The zero-order valence-electron chi connectivity index (χ0n) is 40.5. The zero-order valence-corrected chi connectivity index (χ0v) is 40.5. The summed E-state index contributed by atoms with van der Waals surface area (Å²) in [6.07, 6.45) is 11.4. The van der Waals surface area contributed by atoms with Gasteiger partial charge in [0.15, 0.2) is 5.58 Å². The van der Waals surface area contributed by atoms with Crippen LogP contribution in [0.5, 0.6) is 0 Å². The zero-order chi connectivity index (χ0) is 48.0. The molecule has 1 atom stereocenters. The van der Waals surface area contributed by atoms with Gasteiger partial charge in [0.1, 0.15) is 5.52 Å². The number of hydrogen-bond donors (Lipinski definition) is 0. The van der Waals surface area contributed by atoms with Crippen LogP contribution in [0.25, 0.3) is 94.6 Å². The van der Waals surface area contributed by atoms with E-state index in [1.165, 1.54) is 77.4 Å². The second-order valence-electron chi connectivity index (χ2n) is 17.6. The number of oxazole rings is 1. The molecule has 0 saturated heterocycles. The molecule has 340 valence electrons. The Balaban J connectivity index is 0.000000303. The van der Waals surface area contributed by atoms with E-state index in [-0.39, 0.29) is 5.92 Å². The van der Waals surface area contributed by atoms with Crippen molar-refractivity contribution in [2.45, 2.75) is 40.5 Å². The molecule has 9 aromatic carbocycles. The first-order chi connectivity index (χ1) is 34.5. The Morgan fingerprint density at radius 3 is 1.60 bits per heavy atom. The third kappa shape index (κ3) is 9.10. The highest BCUT2D eigenvalue weighted by Crippen LogP contribution is 2.40. The lowest BCUT2D eigenvalue weighted by atomic mass is 9.86. The average molecular weight is 905 g/mol. The Kier molecular flexibility index (Phi) is 13.2. The maximum absolute atomic E-state index is 6.24. The fraction of sp³-hybridized carbons (Fsp3) is 0.0896. The average Bonchev–Trinajstić information content (AvgIpc) is 3.90. The van der Waals surface area contributed by atoms with Crippen molar-refractivity contribution in [1.29, 1.82) is 0 Å². The highest BCUT2D eigenvalue weighted by molar-refractivity contribution is 6.10. The monoisotopic (exact) mass is 904 g/mol. The second kappa shape index (κ2) is 20.4. The van der Waals surface area contributed by atoms with Crippen LogP contribution < -0.4 is 0 Å². The molecule has 0 bridgehead atoms. The SMILES string of the molecule is CC.Cc1ccc(-c2ccc3oc(-c4ccc(-c5ccccc5-c5ccccc5C5C=CC=C(n6c7ccccc7c7ccccc76)C=C5)cc4)nc3c2)cc1.Cc1ccccc1-c1ccccc1C. The van der Waals surface area contributed by atoms with Crippen LogP contribution in [-0.2, 0) is 0 Å². The number of aryl methyl sites for hydroxylation is 3. The number of para-hydroxylation sites is 2. The Hall–Kier alpha value is -8.53. The van der Waals surface area contributed by atoms with Gasteiger partial charge in [0.05, 0.1) is 11.0 Å². The summed E-state index contributed by atoms with van der Waals surface area (Å²) in [6, 6.07) is 75.2. The molecule has 0 aliphatic heterocycles. The van der Waals surface area contributed by atoms with Crippen LogP contribution in [0.4, 0.5) is 0 Å². The maximum atomic E-state index is 6.24. The molecule has 0 amide bonds. The van der Waals surface area contributed by atoms with Gasteiger partial charge in [-0.3, -0.25) is 0 Å². The smallest absolute Gasteiger partial charge is 0.227 e. The molecular weight excluding hydrogens is 849 g/mol. The van der Waals surface area contributed by atoms with E-state index in [1.807, 2.05) is 19.9 Å². The van der Waals surface area contributed by atoms with Crippen molar-refractivity contribution in [3.8, 4) is 56.0 Å². The van der Waals surface area contributed by atoms with Gasteiger partial charge in [-0.15, -0.1) is 0 Å². The predicted octanol–water partition coefficient (Wildman–Crippen LogP) is 18.7. The van der Waals surface area contributed by atoms with Gasteiger partial charge >= 0.3 is 0 Å². The molecule has 0 spiro atoms. The van der Waals surface area contributed by atoms with E-state index < -0.39 is 0 Å². The lowest BCUT2D eigenvalue weighted by Gasteiger charge is -2.17. The summed E-state index contributed by atoms with van der Waals surface area (Å²) < 4.78 is 8.62. The number of rotatable bonds is 7. The maximum Gasteiger partial charge on any atom is 0.227 e. The molecule has 1 unspecified atom stereocenters. The van der Waals surface area contributed by atoms with E-state index >= 15 is 0 Å². The molecule has 0 fully saturated rings. The molecule has 1 aliphatic carbocycles. The number of fused-ring (bicyclic) bond motifs is 4. The quantitative estimate of drug-likeness (QED) is 0.160. The molecule has 11 aromatic rings. The fourth-order valence-corrected chi connectivity index (χ4v) is 9.67. The largest absolute Gasteiger partial charge is 0.436 e. The standard InChI is InChI=1S/C51H36N2O.C14H14.C2H6/c1-34-21-23-35(24-22-34)39-30-32-50-47(33-39)52-51(54-50)38-27-25-37(26-28-38)42-14-3-5-16-44(42)43-15-4-2-13-41(43)36-11-10-12-40(31-29-36)53-48-19-8-6-17-45(48)46-18-7-9-20-49(46)53;1-11-7-3-5-9-13(11)14-10-6-4-8-12(14)2;1-2/h2-33,36H,1H3;3-10H,1-2H3;1-2H3. The van der Waals surface area contributed by atoms with Gasteiger partial charge in [0.25, 0.3) is 0 Å². The third-order valence-electron chi connectivity index (χ3n) is 13.2. The molecule has 70 heavy (non-hydrogen) atoms. The van der Waals surface area contributed by atoms with Crippen molar-refractivity contribution in [3.05, 3.63) is 265 Å². The van der Waals surface area contributed by atoms with Crippen molar-refractivity contribution >= 4 is 38.6 Å². The van der Waals surface area contributed by atoms with Crippen molar-refractivity contribution in [2.24, 2.45) is 0 Å². The van der Waals surface area contributed by atoms with E-state index in [4.69, 9.17) is 9.40 Å². The van der Waals surface area contributed by atoms with Crippen LogP contribution >= 0.6 is 0 Å². The Labute approximate surface area is 412 Å². The van der Waals surface area contributed by atoms with Gasteiger partial charge in [0, 0.05) is 28.0 Å². The van der Waals surface area contributed by atoms with Gasteiger partial charge in [-0.05, 0) is 131 Å². The summed E-state index contributed by atoms with van der Waals surface area (Å²) in [5, 5.41) is 2.53. The summed E-state index contributed by atoms with van der Waals surface area (Å²) >= 11 is 0. The third-order valence-corrected chi connectivity index (χ3v) is 13.2.